The normalized spacial score (nSPS) is 14.2. The van der Waals surface area contributed by atoms with Crippen LogP contribution in [0.1, 0.15) is 24.2 Å². The van der Waals surface area contributed by atoms with Crippen LogP contribution < -0.4 is 10.1 Å². The van der Waals surface area contributed by atoms with Gasteiger partial charge >= 0.3 is 6.36 Å². The van der Waals surface area contributed by atoms with Crippen LogP contribution in [0.15, 0.2) is 48.5 Å². The third-order valence-electron chi connectivity index (χ3n) is 3.35. The van der Waals surface area contributed by atoms with Crippen LogP contribution in [-0.4, -0.2) is 17.5 Å². The molecule has 0 aromatic heterocycles. The molecule has 0 aliphatic heterocycles. The Kier molecular flexibility index (Phi) is 5.15. The quantitative estimate of drug-likeness (QED) is 0.854. The van der Waals surface area contributed by atoms with Crippen molar-refractivity contribution in [3.05, 3.63) is 59.7 Å². The number of alkyl halides is 3. The molecule has 6 heteroatoms. The van der Waals surface area contributed by atoms with Crippen molar-refractivity contribution < 1.29 is 23.0 Å². The molecular weight excluding hydrogens is 307 g/mol. The fourth-order valence-electron chi connectivity index (χ4n) is 2.18. The third kappa shape index (κ3) is 5.17. The van der Waals surface area contributed by atoms with Gasteiger partial charge in [0.1, 0.15) is 5.75 Å². The molecule has 0 saturated heterocycles. The highest BCUT2D eigenvalue weighted by Gasteiger charge is 2.31. The fourth-order valence-corrected chi connectivity index (χ4v) is 2.18. The zero-order chi connectivity index (χ0) is 17.0. The first kappa shape index (κ1) is 17.1. The number of nitrogens with one attached hydrogen (secondary N) is 1. The summed E-state index contributed by atoms with van der Waals surface area (Å²) in [5, 5.41) is 13.5. The number of aryl methyl sites for hydroxylation is 1. The summed E-state index contributed by atoms with van der Waals surface area (Å²) in [4.78, 5) is 0. The predicted octanol–water partition coefficient (Wildman–Crippen LogP) is 4.43. The second-order valence-electron chi connectivity index (χ2n) is 5.36. The van der Waals surface area contributed by atoms with E-state index in [1.807, 2.05) is 31.2 Å². The molecule has 0 bridgehead atoms. The van der Waals surface area contributed by atoms with Crippen molar-refractivity contribution in [1.82, 2.24) is 0 Å². The first-order chi connectivity index (χ1) is 10.7. The highest BCUT2D eigenvalue weighted by molar-refractivity contribution is 5.46. The van der Waals surface area contributed by atoms with E-state index in [1.54, 1.807) is 13.0 Å². The minimum Gasteiger partial charge on any atom is -0.406 e. The minimum absolute atomic E-state index is 0.346. The van der Waals surface area contributed by atoms with Gasteiger partial charge in [-0.25, -0.2) is 0 Å². The lowest BCUT2D eigenvalue weighted by Crippen LogP contribution is -2.24. The molecule has 3 nitrogen and oxygen atoms in total. The molecule has 2 aromatic rings. The van der Waals surface area contributed by atoms with Gasteiger partial charge in [0.15, 0.2) is 0 Å². The molecule has 0 spiro atoms. The van der Waals surface area contributed by atoms with Crippen LogP contribution >= 0.6 is 0 Å². The number of hydrogen-bond donors (Lipinski definition) is 2. The summed E-state index contributed by atoms with van der Waals surface area (Å²) in [6.45, 7) is 3.72. The number of hydrogen-bond acceptors (Lipinski definition) is 3. The first-order valence-corrected chi connectivity index (χ1v) is 7.11. The van der Waals surface area contributed by atoms with Crippen molar-refractivity contribution in [2.45, 2.75) is 32.4 Å². The molecule has 0 fully saturated rings. The summed E-state index contributed by atoms with van der Waals surface area (Å²) in [5.41, 5.74) is 2.28. The summed E-state index contributed by atoms with van der Waals surface area (Å²) < 4.78 is 40.6. The van der Waals surface area contributed by atoms with Gasteiger partial charge in [-0.15, -0.1) is 13.2 Å². The second kappa shape index (κ2) is 6.91. The summed E-state index contributed by atoms with van der Waals surface area (Å²) in [6, 6.07) is 12.6. The van der Waals surface area contributed by atoms with Gasteiger partial charge < -0.3 is 15.2 Å². The van der Waals surface area contributed by atoms with Crippen molar-refractivity contribution >= 4 is 5.69 Å². The smallest absolute Gasteiger partial charge is 0.406 e. The monoisotopic (exact) mass is 325 g/mol. The summed E-state index contributed by atoms with van der Waals surface area (Å²) >= 11 is 0. The maximum atomic E-state index is 12.3. The Labute approximate surface area is 132 Å². The van der Waals surface area contributed by atoms with Gasteiger partial charge in [-0.2, -0.15) is 0 Å². The fraction of sp³-hybridized carbons (Fsp3) is 0.294. The van der Waals surface area contributed by atoms with Crippen molar-refractivity contribution in [2.75, 3.05) is 5.32 Å². The zero-order valence-electron chi connectivity index (χ0n) is 12.8. The maximum Gasteiger partial charge on any atom is 0.573 e. The third-order valence-corrected chi connectivity index (χ3v) is 3.35. The van der Waals surface area contributed by atoms with E-state index in [4.69, 9.17) is 0 Å². The summed E-state index contributed by atoms with van der Waals surface area (Å²) in [6.07, 6.45) is -5.73. The highest BCUT2D eigenvalue weighted by Crippen LogP contribution is 2.27. The number of aliphatic hydroxyl groups excluding tert-OH is 1. The highest BCUT2D eigenvalue weighted by atomic mass is 19.4. The van der Waals surface area contributed by atoms with Gasteiger partial charge in [0.05, 0.1) is 12.1 Å². The number of benzene rings is 2. The van der Waals surface area contributed by atoms with Crippen LogP contribution in [0.3, 0.4) is 0 Å². The van der Waals surface area contributed by atoms with Crippen LogP contribution in [0.4, 0.5) is 18.9 Å². The SMILES string of the molecule is Cc1ccc(NC(C)C(O)c2cccc(OC(F)(F)F)c2)cc1. The molecular formula is C17H18F3NO2. The minimum atomic E-state index is -4.75. The molecule has 0 heterocycles. The van der Waals surface area contributed by atoms with Crippen molar-refractivity contribution in [1.29, 1.82) is 0 Å². The Balaban J connectivity index is 2.08. The van der Waals surface area contributed by atoms with Gasteiger partial charge in [-0.05, 0) is 43.7 Å². The Bertz CT molecular complexity index is 641. The van der Waals surface area contributed by atoms with Gasteiger partial charge in [0, 0.05) is 5.69 Å². The largest absolute Gasteiger partial charge is 0.573 e. The van der Waals surface area contributed by atoms with E-state index in [1.165, 1.54) is 18.2 Å². The number of rotatable bonds is 5. The topological polar surface area (TPSA) is 41.5 Å². The van der Waals surface area contributed by atoms with E-state index in [0.717, 1.165) is 11.3 Å². The summed E-state index contributed by atoms with van der Waals surface area (Å²) in [5.74, 6) is -0.350. The second-order valence-corrected chi connectivity index (χ2v) is 5.36. The average Bonchev–Trinajstić information content (AvgIpc) is 2.47. The van der Waals surface area contributed by atoms with Crippen molar-refractivity contribution in [3.63, 3.8) is 0 Å². The lowest BCUT2D eigenvalue weighted by Gasteiger charge is -2.22. The van der Waals surface area contributed by atoms with Gasteiger partial charge in [-0.3, -0.25) is 0 Å². The number of ether oxygens (including phenoxy) is 1. The van der Waals surface area contributed by atoms with Crippen LogP contribution in [-0.2, 0) is 0 Å². The molecule has 2 unspecified atom stereocenters. The zero-order valence-corrected chi connectivity index (χ0v) is 12.8. The van der Waals surface area contributed by atoms with Crippen LogP contribution in [0, 0.1) is 6.92 Å². The first-order valence-electron chi connectivity index (χ1n) is 7.11. The standard InChI is InChI=1S/C17H18F3NO2/c1-11-6-8-14(9-7-11)21-12(2)16(22)13-4-3-5-15(10-13)23-17(18,19)20/h3-10,12,16,21-22H,1-2H3. The average molecular weight is 325 g/mol. The van der Waals surface area contributed by atoms with Crippen LogP contribution in [0.2, 0.25) is 0 Å². The number of aliphatic hydroxyl groups is 1. The maximum absolute atomic E-state index is 12.3. The van der Waals surface area contributed by atoms with E-state index in [2.05, 4.69) is 10.1 Å². The number of anilines is 1. The lowest BCUT2D eigenvalue weighted by atomic mass is 10.0. The lowest BCUT2D eigenvalue weighted by molar-refractivity contribution is -0.274. The van der Waals surface area contributed by atoms with Crippen LogP contribution in [0.25, 0.3) is 0 Å². The Morgan fingerprint density at radius 3 is 2.35 bits per heavy atom. The Morgan fingerprint density at radius 1 is 1.09 bits per heavy atom. The molecule has 0 aliphatic rings. The Morgan fingerprint density at radius 2 is 1.74 bits per heavy atom. The molecule has 2 N–H and O–H groups in total. The van der Waals surface area contributed by atoms with Gasteiger partial charge in [0.25, 0.3) is 0 Å². The van der Waals surface area contributed by atoms with Gasteiger partial charge in [-0.1, -0.05) is 29.8 Å². The molecule has 23 heavy (non-hydrogen) atoms. The van der Waals surface area contributed by atoms with E-state index >= 15 is 0 Å². The van der Waals surface area contributed by atoms with E-state index in [9.17, 15) is 18.3 Å². The molecule has 0 aliphatic carbocycles. The van der Waals surface area contributed by atoms with Crippen molar-refractivity contribution in [3.8, 4) is 5.75 Å². The molecule has 0 saturated carbocycles. The predicted molar refractivity (Wildman–Crippen MR) is 82.3 cm³/mol. The molecule has 2 atom stereocenters. The van der Waals surface area contributed by atoms with Crippen LogP contribution in [0.5, 0.6) is 5.75 Å². The molecule has 124 valence electrons. The molecule has 2 rings (SSSR count). The van der Waals surface area contributed by atoms with E-state index < -0.39 is 12.5 Å². The van der Waals surface area contributed by atoms with E-state index in [0.29, 0.717) is 5.56 Å². The van der Waals surface area contributed by atoms with Gasteiger partial charge in [0.2, 0.25) is 0 Å². The number of halogens is 3. The summed E-state index contributed by atoms with van der Waals surface area (Å²) in [7, 11) is 0. The molecule has 2 aromatic carbocycles. The molecule has 0 radical (unpaired) electrons. The molecule has 0 amide bonds. The van der Waals surface area contributed by atoms with Crippen molar-refractivity contribution in [2.24, 2.45) is 0 Å². The Hall–Kier alpha value is -2.21. The van der Waals surface area contributed by atoms with E-state index in [-0.39, 0.29) is 11.8 Å².